The minimum Gasteiger partial charge on any atom is -0.550 e. The predicted molar refractivity (Wildman–Crippen MR) is 82.1 cm³/mol. The zero-order chi connectivity index (χ0) is 15.6. The van der Waals surface area contributed by atoms with Crippen molar-refractivity contribution in [1.82, 2.24) is 0 Å². The van der Waals surface area contributed by atoms with Gasteiger partial charge in [-0.05, 0) is 42.0 Å². The molecule has 4 nitrogen and oxygen atoms in total. The van der Waals surface area contributed by atoms with Crippen molar-refractivity contribution in [3.05, 3.63) is 62.6 Å². The zero-order valence-corrected chi connectivity index (χ0v) is 16.1. The Hall–Kier alpha value is -0.850. The van der Waals surface area contributed by atoms with E-state index in [0.29, 0.717) is 20.6 Å². The summed E-state index contributed by atoms with van der Waals surface area (Å²) in [7, 11) is 0. The average molecular weight is 391 g/mol. The largest absolute Gasteiger partial charge is 1.00 e. The maximum Gasteiger partial charge on any atom is 1.00 e. The van der Waals surface area contributed by atoms with E-state index in [4.69, 9.17) is 17.3 Å². The first-order chi connectivity index (χ1) is 9.88. The van der Waals surface area contributed by atoms with Gasteiger partial charge in [0.05, 0.1) is 0 Å². The van der Waals surface area contributed by atoms with Crippen LogP contribution in [0.1, 0.15) is 21.5 Å². The van der Waals surface area contributed by atoms with Crippen molar-refractivity contribution in [3.63, 3.8) is 0 Å². The number of nitrogen functional groups attached to an aromatic ring is 1. The Kier molecular flexibility index (Phi) is 7.09. The molecular weight excluding hydrogens is 381 g/mol. The summed E-state index contributed by atoms with van der Waals surface area (Å²) < 4.78 is 0.574. The monoisotopic (exact) mass is 389 g/mol. The number of carboxylic acid groups (broad SMARTS) is 1. The van der Waals surface area contributed by atoms with Crippen molar-refractivity contribution in [3.8, 4) is 0 Å². The van der Waals surface area contributed by atoms with Gasteiger partial charge < -0.3 is 15.6 Å². The van der Waals surface area contributed by atoms with Crippen LogP contribution < -0.4 is 40.4 Å². The molecule has 0 saturated carbocycles. The minimum absolute atomic E-state index is 0. The first kappa shape index (κ1) is 19.2. The zero-order valence-electron chi connectivity index (χ0n) is 11.7. The van der Waals surface area contributed by atoms with Crippen LogP contribution in [0.5, 0.6) is 0 Å². The second-order valence-corrected chi connectivity index (χ2v) is 5.76. The third-order valence-corrected chi connectivity index (χ3v) is 3.63. The number of anilines is 1. The fourth-order valence-corrected chi connectivity index (χ4v) is 2.55. The SMILES string of the molecule is Nc1c(CC(=O)[O-])cc(Br)cc1C(=O)c1ccc(Cl)cc1.[Na+]. The average Bonchev–Trinajstić information content (AvgIpc) is 2.42. The fourth-order valence-electron chi connectivity index (χ4n) is 1.92. The van der Waals surface area contributed by atoms with E-state index in [0.717, 1.165) is 0 Å². The van der Waals surface area contributed by atoms with E-state index in [1.807, 2.05) is 0 Å². The molecule has 22 heavy (non-hydrogen) atoms. The van der Waals surface area contributed by atoms with Gasteiger partial charge in [-0.3, -0.25) is 4.79 Å². The molecule has 0 fully saturated rings. The molecule has 0 atom stereocenters. The number of aliphatic carboxylic acids is 1. The van der Waals surface area contributed by atoms with E-state index in [1.54, 1.807) is 36.4 Å². The number of hydrogen-bond acceptors (Lipinski definition) is 4. The second-order valence-electron chi connectivity index (χ2n) is 4.41. The third kappa shape index (κ3) is 4.57. The number of halogens is 2. The van der Waals surface area contributed by atoms with Gasteiger partial charge in [-0.15, -0.1) is 0 Å². The molecule has 2 rings (SSSR count). The van der Waals surface area contributed by atoms with Gasteiger partial charge in [0.25, 0.3) is 0 Å². The number of benzene rings is 2. The molecule has 108 valence electrons. The number of carbonyl (C=O) groups is 2. The number of carboxylic acids is 1. The number of hydrogen-bond donors (Lipinski definition) is 1. The molecule has 0 heterocycles. The summed E-state index contributed by atoms with van der Waals surface area (Å²) in [6.07, 6.45) is -0.355. The summed E-state index contributed by atoms with van der Waals surface area (Å²) in [6.45, 7) is 0. The molecule has 0 spiro atoms. The summed E-state index contributed by atoms with van der Waals surface area (Å²) in [6, 6.07) is 9.50. The Balaban J connectivity index is 0.00000242. The molecule has 2 aromatic rings. The molecule has 0 aliphatic heterocycles. The van der Waals surface area contributed by atoms with Crippen molar-refractivity contribution in [1.29, 1.82) is 0 Å². The van der Waals surface area contributed by atoms with E-state index >= 15 is 0 Å². The molecular formula is C15H10BrClNNaO3. The molecule has 0 aromatic heterocycles. The molecule has 0 unspecified atom stereocenters. The molecule has 0 aliphatic carbocycles. The van der Waals surface area contributed by atoms with Crippen LogP contribution in [-0.4, -0.2) is 11.8 Å². The van der Waals surface area contributed by atoms with E-state index in [1.165, 1.54) is 0 Å². The summed E-state index contributed by atoms with van der Waals surface area (Å²) in [5.41, 5.74) is 7.04. The molecule has 2 aromatic carbocycles. The van der Waals surface area contributed by atoms with E-state index in [-0.39, 0.29) is 53.0 Å². The van der Waals surface area contributed by atoms with Crippen LogP contribution in [0.4, 0.5) is 5.69 Å². The van der Waals surface area contributed by atoms with Crippen LogP contribution >= 0.6 is 27.5 Å². The van der Waals surface area contributed by atoms with E-state index in [2.05, 4.69) is 15.9 Å². The van der Waals surface area contributed by atoms with Gasteiger partial charge in [0, 0.05) is 38.7 Å². The Morgan fingerprint density at radius 3 is 2.32 bits per heavy atom. The fraction of sp³-hybridized carbons (Fsp3) is 0.0667. The van der Waals surface area contributed by atoms with Crippen LogP contribution in [0.3, 0.4) is 0 Å². The molecule has 0 amide bonds. The smallest absolute Gasteiger partial charge is 0.550 e. The minimum atomic E-state index is -1.26. The topological polar surface area (TPSA) is 83.2 Å². The number of nitrogens with two attached hydrogens (primary N) is 1. The molecule has 0 saturated heterocycles. The quantitative estimate of drug-likeness (QED) is 0.421. The van der Waals surface area contributed by atoms with Crippen molar-refractivity contribution < 1.29 is 44.3 Å². The van der Waals surface area contributed by atoms with Crippen LogP contribution in [0, 0.1) is 0 Å². The van der Waals surface area contributed by atoms with Crippen LogP contribution in [0.2, 0.25) is 5.02 Å². The number of carbonyl (C=O) groups excluding carboxylic acids is 2. The van der Waals surface area contributed by atoms with Gasteiger partial charge in [0.2, 0.25) is 0 Å². The molecule has 0 radical (unpaired) electrons. The first-order valence-corrected chi connectivity index (χ1v) is 7.13. The Labute approximate surface area is 163 Å². The summed E-state index contributed by atoms with van der Waals surface area (Å²) >= 11 is 9.03. The van der Waals surface area contributed by atoms with Crippen molar-refractivity contribution >= 4 is 45.0 Å². The standard InChI is InChI=1S/C15H11BrClNO3.Na/c16-10-5-9(6-13(19)20)14(18)12(7-10)15(21)8-1-3-11(17)4-2-8;/h1-5,7H,6,18H2,(H,19,20);/q;+1/p-1. The third-order valence-electron chi connectivity index (χ3n) is 2.92. The van der Waals surface area contributed by atoms with Gasteiger partial charge >= 0.3 is 29.6 Å². The van der Waals surface area contributed by atoms with Gasteiger partial charge in [0.1, 0.15) is 0 Å². The Morgan fingerprint density at radius 2 is 1.77 bits per heavy atom. The maximum absolute atomic E-state index is 12.5. The summed E-state index contributed by atoms with van der Waals surface area (Å²) in [4.78, 5) is 23.2. The second kappa shape index (κ2) is 8.13. The first-order valence-electron chi connectivity index (χ1n) is 5.96. The normalized spacial score (nSPS) is 9.91. The van der Waals surface area contributed by atoms with Gasteiger partial charge in [-0.1, -0.05) is 27.5 Å². The van der Waals surface area contributed by atoms with Gasteiger partial charge in [-0.25, -0.2) is 0 Å². The van der Waals surface area contributed by atoms with Crippen LogP contribution in [0.15, 0.2) is 40.9 Å². The van der Waals surface area contributed by atoms with E-state index in [9.17, 15) is 14.7 Å². The number of rotatable bonds is 4. The van der Waals surface area contributed by atoms with Gasteiger partial charge in [0.15, 0.2) is 5.78 Å². The summed E-state index contributed by atoms with van der Waals surface area (Å²) in [5, 5.41) is 11.3. The molecule has 2 N–H and O–H groups in total. The van der Waals surface area contributed by atoms with Crippen molar-refractivity contribution in [2.75, 3.05) is 5.73 Å². The summed E-state index contributed by atoms with van der Waals surface area (Å²) in [5.74, 6) is -1.56. The van der Waals surface area contributed by atoms with E-state index < -0.39 is 5.97 Å². The van der Waals surface area contributed by atoms with Crippen molar-refractivity contribution in [2.24, 2.45) is 0 Å². The predicted octanol–water partition coefficient (Wildman–Crippen LogP) is -0.788. The molecule has 0 aliphatic rings. The Bertz CT molecular complexity index is 719. The Morgan fingerprint density at radius 1 is 1.18 bits per heavy atom. The maximum atomic E-state index is 12.5. The molecule has 0 bridgehead atoms. The van der Waals surface area contributed by atoms with Gasteiger partial charge in [-0.2, -0.15) is 0 Å². The van der Waals surface area contributed by atoms with Crippen LogP contribution in [-0.2, 0) is 11.2 Å². The van der Waals surface area contributed by atoms with Crippen molar-refractivity contribution in [2.45, 2.75) is 6.42 Å². The molecule has 7 heteroatoms. The van der Waals surface area contributed by atoms with Crippen LogP contribution in [0.25, 0.3) is 0 Å². The number of ketones is 1.